The van der Waals surface area contributed by atoms with E-state index in [0.717, 1.165) is 19.0 Å². The third kappa shape index (κ3) is 3.08. The van der Waals surface area contributed by atoms with Crippen molar-refractivity contribution in [2.75, 3.05) is 7.05 Å². The molecule has 1 N–H and O–H groups in total. The fourth-order valence-corrected chi connectivity index (χ4v) is 2.73. The Bertz CT molecular complexity index is 300. The van der Waals surface area contributed by atoms with Gasteiger partial charge in [-0.2, -0.15) is 0 Å². The average Bonchev–Trinajstić information content (AvgIpc) is 2.91. The Labute approximate surface area is 98.3 Å². The van der Waals surface area contributed by atoms with E-state index in [4.69, 9.17) is 0 Å². The molecule has 0 saturated heterocycles. The molecule has 1 heterocycles. The van der Waals surface area contributed by atoms with Gasteiger partial charge in [-0.05, 0) is 25.8 Å². The number of nitrogens with one attached hydrogen (secondary N) is 1. The second-order valence-corrected chi connectivity index (χ2v) is 4.90. The van der Waals surface area contributed by atoms with Crippen LogP contribution >= 0.6 is 0 Å². The zero-order chi connectivity index (χ0) is 11.2. The van der Waals surface area contributed by atoms with Crippen molar-refractivity contribution in [3.05, 3.63) is 18.2 Å². The van der Waals surface area contributed by atoms with Crippen molar-refractivity contribution in [1.82, 2.24) is 14.9 Å². The molecule has 90 valence electrons. The van der Waals surface area contributed by atoms with Crippen molar-refractivity contribution in [2.24, 2.45) is 5.92 Å². The Morgan fingerprint density at radius 2 is 2.25 bits per heavy atom. The van der Waals surface area contributed by atoms with Crippen molar-refractivity contribution < 1.29 is 0 Å². The maximum absolute atomic E-state index is 4.21. The molecule has 0 amide bonds. The van der Waals surface area contributed by atoms with E-state index in [0.29, 0.717) is 0 Å². The van der Waals surface area contributed by atoms with Gasteiger partial charge in [-0.15, -0.1) is 0 Å². The molecule has 1 aromatic heterocycles. The maximum atomic E-state index is 4.21. The lowest BCUT2D eigenvalue weighted by Crippen LogP contribution is -2.11. The largest absolute Gasteiger partial charge is 0.333 e. The van der Waals surface area contributed by atoms with Crippen LogP contribution in [0.5, 0.6) is 0 Å². The summed E-state index contributed by atoms with van der Waals surface area (Å²) in [5.74, 6) is 1.01. The van der Waals surface area contributed by atoms with Gasteiger partial charge in [0, 0.05) is 19.3 Å². The maximum Gasteiger partial charge on any atom is 0.0948 e. The second-order valence-electron chi connectivity index (χ2n) is 4.90. The fourth-order valence-electron chi connectivity index (χ4n) is 2.73. The highest BCUT2D eigenvalue weighted by Crippen LogP contribution is 2.28. The van der Waals surface area contributed by atoms with E-state index in [1.165, 1.54) is 44.2 Å². The van der Waals surface area contributed by atoms with Crippen LogP contribution in [0.3, 0.4) is 0 Å². The van der Waals surface area contributed by atoms with Crippen LogP contribution in [0.1, 0.15) is 44.2 Å². The molecular weight excluding hydrogens is 198 g/mol. The van der Waals surface area contributed by atoms with E-state index in [9.17, 15) is 0 Å². The first-order chi connectivity index (χ1) is 7.90. The van der Waals surface area contributed by atoms with Crippen molar-refractivity contribution in [3.8, 4) is 0 Å². The number of hydrogen-bond acceptors (Lipinski definition) is 2. The normalized spacial score (nSPS) is 17.1. The molecule has 0 spiro atoms. The van der Waals surface area contributed by atoms with Crippen LogP contribution in [0.15, 0.2) is 12.5 Å². The number of rotatable bonds is 6. The zero-order valence-electron chi connectivity index (χ0n) is 10.3. The monoisotopic (exact) mass is 221 g/mol. The summed E-state index contributed by atoms with van der Waals surface area (Å²) in [5, 5.41) is 3.18. The number of nitrogens with zero attached hydrogens (tertiary/aromatic N) is 2. The van der Waals surface area contributed by atoms with Crippen LogP contribution in [0.25, 0.3) is 0 Å². The van der Waals surface area contributed by atoms with Gasteiger partial charge in [0.1, 0.15) is 0 Å². The molecule has 16 heavy (non-hydrogen) atoms. The highest BCUT2D eigenvalue weighted by Gasteiger charge is 2.14. The minimum Gasteiger partial charge on any atom is -0.333 e. The van der Waals surface area contributed by atoms with Crippen LogP contribution in [0.2, 0.25) is 0 Å². The van der Waals surface area contributed by atoms with Gasteiger partial charge >= 0.3 is 0 Å². The van der Waals surface area contributed by atoms with E-state index in [1.807, 2.05) is 19.6 Å². The fraction of sp³-hybridized carbons (Fsp3) is 0.769. The predicted octanol–water partition coefficient (Wildman–Crippen LogP) is 2.57. The molecule has 3 nitrogen and oxygen atoms in total. The molecule has 1 aliphatic rings. The molecular formula is C13H23N3. The first-order valence-corrected chi connectivity index (χ1v) is 6.53. The summed E-state index contributed by atoms with van der Waals surface area (Å²) < 4.78 is 2.28. The molecule has 0 aliphatic heterocycles. The quantitative estimate of drug-likeness (QED) is 0.800. The summed E-state index contributed by atoms with van der Waals surface area (Å²) in [6, 6.07) is 0. The highest BCUT2D eigenvalue weighted by atomic mass is 15.1. The van der Waals surface area contributed by atoms with Gasteiger partial charge in [-0.3, -0.25) is 0 Å². The first kappa shape index (κ1) is 11.6. The number of hydrogen-bond donors (Lipinski definition) is 1. The van der Waals surface area contributed by atoms with Gasteiger partial charge in [-0.25, -0.2) is 4.98 Å². The zero-order valence-corrected chi connectivity index (χ0v) is 10.3. The van der Waals surface area contributed by atoms with Crippen molar-refractivity contribution in [2.45, 2.75) is 51.6 Å². The SMILES string of the molecule is CNCc1cncn1CCCC1CCCC1. The average molecular weight is 221 g/mol. The lowest BCUT2D eigenvalue weighted by Gasteiger charge is -2.10. The van der Waals surface area contributed by atoms with E-state index < -0.39 is 0 Å². The Balaban J connectivity index is 1.73. The van der Waals surface area contributed by atoms with Crippen molar-refractivity contribution in [1.29, 1.82) is 0 Å². The van der Waals surface area contributed by atoms with Gasteiger partial charge in [0.15, 0.2) is 0 Å². The molecule has 0 bridgehead atoms. The molecule has 1 aromatic rings. The van der Waals surface area contributed by atoms with Crippen molar-refractivity contribution in [3.63, 3.8) is 0 Å². The van der Waals surface area contributed by atoms with Gasteiger partial charge in [0.05, 0.1) is 12.0 Å². The lowest BCUT2D eigenvalue weighted by molar-refractivity contribution is 0.454. The molecule has 0 aromatic carbocycles. The Morgan fingerprint density at radius 3 is 3.00 bits per heavy atom. The molecule has 0 unspecified atom stereocenters. The second kappa shape index (κ2) is 6.04. The van der Waals surface area contributed by atoms with Crippen LogP contribution in [-0.2, 0) is 13.1 Å². The molecule has 1 fully saturated rings. The minimum absolute atomic E-state index is 0.920. The third-order valence-corrected chi connectivity index (χ3v) is 3.64. The minimum atomic E-state index is 0.920. The lowest BCUT2D eigenvalue weighted by atomic mass is 10.0. The van der Waals surface area contributed by atoms with Gasteiger partial charge in [-0.1, -0.05) is 25.7 Å². The van der Waals surface area contributed by atoms with Crippen LogP contribution < -0.4 is 5.32 Å². The number of aromatic nitrogens is 2. The van der Waals surface area contributed by atoms with E-state index in [-0.39, 0.29) is 0 Å². The molecule has 3 heteroatoms. The van der Waals surface area contributed by atoms with E-state index in [2.05, 4.69) is 14.9 Å². The molecule has 0 atom stereocenters. The van der Waals surface area contributed by atoms with Gasteiger partial charge < -0.3 is 9.88 Å². The molecule has 0 radical (unpaired) electrons. The Hall–Kier alpha value is -0.830. The number of imidazole rings is 1. The van der Waals surface area contributed by atoms with Crippen molar-refractivity contribution >= 4 is 0 Å². The van der Waals surface area contributed by atoms with Crippen LogP contribution in [0, 0.1) is 5.92 Å². The Kier molecular flexibility index (Phi) is 4.40. The standard InChI is InChI=1S/C13H23N3/c1-14-9-13-10-15-11-16(13)8-4-7-12-5-2-3-6-12/h10-12,14H,2-9H2,1H3. The summed E-state index contributed by atoms with van der Waals surface area (Å²) in [7, 11) is 1.98. The van der Waals surface area contributed by atoms with Crippen LogP contribution in [-0.4, -0.2) is 16.6 Å². The smallest absolute Gasteiger partial charge is 0.0948 e. The van der Waals surface area contributed by atoms with Crippen LogP contribution in [0.4, 0.5) is 0 Å². The summed E-state index contributed by atoms with van der Waals surface area (Å²) in [5.41, 5.74) is 1.30. The Morgan fingerprint density at radius 1 is 1.44 bits per heavy atom. The molecule has 1 aliphatic carbocycles. The molecule has 2 rings (SSSR count). The topological polar surface area (TPSA) is 29.9 Å². The van der Waals surface area contributed by atoms with E-state index in [1.54, 1.807) is 0 Å². The van der Waals surface area contributed by atoms with E-state index >= 15 is 0 Å². The molecule has 1 saturated carbocycles. The predicted molar refractivity (Wildman–Crippen MR) is 66.2 cm³/mol. The highest BCUT2D eigenvalue weighted by molar-refractivity contribution is 4.97. The van der Waals surface area contributed by atoms with Gasteiger partial charge in [0.2, 0.25) is 0 Å². The summed E-state index contributed by atoms with van der Waals surface area (Å²) in [6.07, 6.45) is 12.5. The summed E-state index contributed by atoms with van der Waals surface area (Å²) in [6.45, 7) is 2.05. The van der Waals surface area contributed by atoms with Gasteiger partial charge in [0.25, 0.3) is 0 Å². The third-order valence-electron chi connectivity index (χ3n) is 3.64. The summed E-state index contributed by atoms with van der Waals surface area (Å²) in [4.78, 5) is 4.21. The summed E-state index contributed by atoms with van der Waals surface area (Å²) >= 11 is 0. The first-order valence-electron chi connectivity index (χ1n) is 6.53. The number of aryl methyl sites for hydroxylation is 1.